The van der Waals surface area contributed by atoms with Gasteiger partial charge >= 0.3 is 5.97 Å². The molecule has 0 fully saturated rings. The number of hydrogen-bond donors (Lipinski definition) is 2. The molecule has 2 atom stereocenters. The predicted octanol–water partition coefficient (Wildman–Crippen LogP) is 2.53. The highest BCUT2D eigenvalue weighted by molar-refractivity contribution is 5.81. The number of rotatable bonds is 5. The van der Waals surface area contributed by atoms with Gasteiger partial charge in [-0.25, -0.2) is 0 Å². The average Bonchev–Trinajstić information content (AvgIpc) is 2.99. The first-order valence-electron chi connectivity index (χ1n) is 6.82. The zero-order chi connectivity index (χ0) is 14.5. The molecule has 2 N–H and O–H groups in total. The van der Waals surface area contributed by atoms with E-state index in [4.69, 9.17) is 0 Å². The van der Waals surface area contributed by atoms with Crippen LogP contribution in [0.15, 0.2) is 42.5 Å². The van der Waals surface area contributed by atoms with Crippen LogP contribution < -0.4 is 5.32 Å². The maximum Gasteiger partial charge on any atom is 0.308 e. The van der Waals surface area contributed by atoms with Crippen LogP contribution in [0.1, 0.15) is 31.4 Å². The first kappa shape index (κ1) is 14.3. The number of carbonyl (C=O) groups is 2. The molecule has 0 heterocycles. The zero-order valence-corrected chi connectivity index (χ0v) is 11.5. The molecule has 0 spiro atoms. The third-order valence-electron chi connectivity index (χ3n) is 3.72. The lowest BCUT2D eigenvalue weighted by Crippen LogP contribution is -2.38. The quantitative estimate of drug-likeness (QED) is 0.810. The van der Waals surface area contributed by atoms with E-state index >= 15 is 0 Å². The van der Waals surface area contributed by atoms with Crippen LogP contribution in [0.5, 0.6) is 0 Å². The Balaban J connectivity index is 2.14. The molecule has 0 bridgehead atoms. The first-order chi connectivity index (χ1) is 9.59. The van der Waals surface area contributed by atoms with Crippen molar-refractivity contribution in [1.29, 1.82) is 0 Å². The van der Waals surface area contributed by atoms with Crippen molar-refractivity contribution in [2.24, 2.45) is 11.8 Å². The van der Waals surface area contributed by atoms with E-state index < -0.39 is 17.9 Å². The lowest BCUT2D eigenvalue weighted by Gasteiger charge is -2.24. The van der Waals surface area contributed by atoms with Crippen molar-refractivity contribution in [3.05, 3.63) is 48.0 Å². The summed E-state index contributed by atoms with van der Waals surface area (Å²) in [5.41, 5.74) is 0.821. The summed E-state index contributed by atoms with van der Waals surface area (Å²) in [4.78, 5) is 23.5. The van der Waals surface area contributed by atoms with Crippen molar-refractivity contribution in [1.82, 2.24) is 5.32 Å². The van der Waals surface area contributed by atoms with Gasteiger partial charge in [-0.2, -0.15) is 0 Å². The second-order valence-electron chi connectivity index (χ2n) is 5.16. The Kier molecular flexibility index (Phi) is 4.56. The molecule has 4 heteroatoms. The number of hydrogen-bond acceptors (Lipinski definition) is 2. The van der Waals surface area contributed by atoms with Crippen LogP contribution in [0, 0.1) is 11.8 Å². The van der Waals surface area contributed by atoms with Gasteiger partial charge in [-0.3, -0.25) is 9.59 Å². The van der Waals surface area contributed by atoms with Crippen LogP contribution in [0.3, 0.4) is 0 Å². The zero-order valence-electron chi connectivity index (χ0n) is 11.5. The molecule has 1 aromatic rings. The Morgan fingerprint density at radius 2 is 1.80 bits per heavy atom. The van der Waals surface area contributed by atoms with Crippen molar-refractivity contribution in [2.75, 3.05) is 0 Å². The van der Waals surface area contributed by atoms with Crippen LogP contribution in [0.2, 0.25) is 0 Å². The second kappa shape index (κ2) is 6.37. The van der Waals surface area contributed by atoms with Crippen molar-refractivity contribution in [2.45, 2.75) is 25.8 Å². The second-order valence-corrected chi connectivity index (χ2v) is 5.16. The molecule has 106 valence electrons. The van der Waals surface area contributed by atoms with Crippen LogP contribution in [0.4, 0.5) is 0 Å². The Labute approximate surface area is 118 Å². The van der Waals surface area contributed by atoms with Crippen molar-refractivity contribution in [3.8, 4) is 0 Å². The summed E-state index contributed by atoms with van der Waals surface area (Å²) in [6.07, 6.45) is 5.44. The minimum atomic E-state index is -0.913. The molecule has 0 radical (unpaired) electrons. The summed E-state index contributed by atoms with van der Waals surface area (Å²) in [5, 5.41) is 12.1. The number of benzene rings is 1. The van der Waals surface area contributed by atoms with Crippen molar-refractivity contribution < 1.29 is 14.7 Å². The fourth-order valence-corrected chi connectivity index (χ4v) is 2.40. The highest BCUT2D eigenvalue weighted by Gasteiger charge is 2.29. The van der Waals surface area contributed by atoms with Gasteiger partial charge in [0.05, 0.1) is 12.0 Å². The van der Waals surface area contributed by atoms with Gasteiger partial charge in [0.2, 0.25) is 5.91 Å². The summed E-state index contributed by atoms with van der Waals surface area (Å²) in [7, 11) is 0. The average molecular weight is 273 g/mol. The third-order valence-corrected chi connectivity index (χ3v) is 3.72. The Bertz CT molecular complexity index is 502. The van der Waals surface area contributed by atoms with E-state index in [2.05, 4.69) is 5.32 Å². The lowest BCUT2D eigenvalue weighted by atomic mass is 9.93. The SMILES string of the molecule is C[C@H](C(=O)O)[C@@H](NC(=O)C1CC=CC1)c1ccccc1. The smallest absolute Gasteiger partial charge is 0.308 e. The van der Waals surface area contributed by atoms with E-state index in [1.54, 1.807) is 6.92 Å². The molecule has 0 aromatic heterocycles. The lowest BCUT2D eigenvalue weighted by molar-refractivity contribution is -0.142. The molecular weight excluding hydrogens is 254 g/mol. The van der Waals surface area contributed by atoms with Crippen molar-refractivity contribution >= 4 is 11.9 Å². The number of amides is 1. The summed E-state index contributed by atoms with van der Waals surface area (Å²) in [6.45, 7) is 1.62. The number of nitrogens with one attached hydrogen (secondary N) is 1. The van der Waals surface area contributed by atoms with E-state index in [1.807, 2.05) is 42.5 Å². The van der Waals surface area contributed by atoms with Crippen LogP contribution in [0.25, 0.3) is 0 Å². The van der Waals surface area contributed by atoms with E-state index in [0.29, 0.717) is 0 Å². The highest BCUT2D eigenvalue weighted by Crippen LogP contribution is 2.25. The minimum Gasteiger partial charge on any atom is -0.481 e. The summed E-state index contributed by atoms with van der Waals surface area (Å²) >= 11 is 0. The van der Waals surface area contributed by atoms with Crippen molar-refractivity contribution in [3.63, 3.8) is 0 Å². The molecule has 0 unspecified atom stereocenters. The molecule has 1 amide bonds. The van der Waals surface area contributed by atoms with Gasteiger partial charge in [0, 0.05) is 5.92 Å². The standard InChI is InChI=1S/C16H19NO3/c1-11(16(19)20)14(12-7-3-2-4-8-12)17-15(18)13-9-5-6-10-13/h2-8,11,13-14H,9-10H2,1H3,(H,17,18)(H,19,20)/t11-,14+/m0/s1. The molecule has 0 saturated carbocycles. The fourth-order valence-electron chi connectivity index (χ4n) is 2.40. The van der Waals surface area contributed by atoms with Gasteiger partial charge in [-0.05, 0) is 25.3 Å². The maximum atomic E-state index is 12.2. The molecular formula is C16H19NO3. The van der Waals surface area contributed by atoms with Gasteiger partial charge in [0.1, 0.15) is 0 Å². The minimum absolute atomic E-state index is 0.0674. The van der Waals surface area contributed by atoms with E-state index in [0.717, 1.165) is 18.4 Å². The molecule has 4 nitrogen and oxygen atoms in total. The normalized spacial score (nSPS) is 17.6. The maximum absolute atomic E-state index is 12.2. The largest absolute Gasteiger partial charge is 0.481 e. The predicted molar refractivity (Wildman–Crippen MR) is 76.0 cm³/mol. The van der Waals surface area contributed by atoms with E-state index in [1.165, 1.54) is 0 Å². The topological polar surface area (TPSA) is 66.4 Å². The molecule has 0 saturated heterocycles. The number of aliphatic carboxylic acids is 1. The highest BCUT2D eigenvalue weighted by atomic mass is 16.4. The number of allylic oxidation sites excluding steroid dienone is 2. The number of carboxylic acids is 1. The summed E-state index contributed by atoms with van der Waals surface area (Å²) in [5.74, 6) is -1.72. The van der Waals surface area contributed by atoms with E-state index in [-0.39, 0.29) is 11.8 Å². The molecule has 1 aliphatic carbocycles. The van der Waals surface area contributed by atoms with Gasteiger partial charge in [0.25, 0.3) is 0 Å². The Hall–Kier alpha value is -2.10. The fraction of sp³-hybridized carbons (Fsp3) is 0.375. The molecule has 0 aliphatic heterocycles. The van der Waals surface area contributed by atoms with Gasteiger partial charge in [-0.15, -0.1) is 0 Å². The van der Waals surface area contributed by atoms with Gasteiger partial charge in [-0.1, -0.05) is 42.5 Å². The molecule has 2 rings (SSSR count). The third kappa shape index (κ3) is 3.26. The Morgan fingerprint density at radius 3 is 2.35 bits per heavy atom. The first-order valence-corrected chi connectivity index (χ1v) is 6.82. The van der Waals surface area contributed by atoms with E-state index in [9.17, 15) is 14.7 Å². The summed E-state index contributed by atoms with van der Waals surface area (Å²) in [6, 6.07) is 8.76. The van der Waals surface area contributed by atoms with Crippen LogP contribution >= 0.6 is 0 Å². The van der Waals surface area contributed by atoms with Crippen LogP contribution in [-0.2, 0) is 9.59 Å². The number of carboxylic acid groups (broad SMARTS) is 1. The molecule has 1 aliphatic rings. The molecule has 20 heavy (non-hydrogen) atoms. The molecule has 1 aromatic carbocycles. The Morgan fingerprint density at radius 1 is 1.20 bits per heavy atom. The number of carbonyl (C=O) groups excluding carboxylic acids is 1. The van der Waals surface area contributed by atoms with Gasteiger partial charge < -0.3 is 10.4 Å². The summed E-state index contributed by atoms with van der Waals surface area (Å²) < 4.78 is 0. The van der Waals surface area contributed by atoms with Crippen LogP contribution in [-0.4, -0.2) is 17.0 Å². The monoisotopic (exact) mass is 273 g/mol. The van der Waals surface area contributed by atoms with Gasteiger partial charge in [0.15, 0.2) is 0 Å².